The molecular weight excluding hydrogens is 350 g/mol. The molecule has 0 fully saturated rings. The summed E-state index contributed by atoms with van der Waals surface area (Å²) in [5.41, 5.74) is 0.751. The molecule has 0 radical (unpaired) electrons. The predicted molar refractivity (Wildman–Crippen MR) is 97.2 cm³/mol. The average molecular weight is 367 g/mol. The highest BCUT2D eigenvalue weighted by Crippen LogP contribution is 2.15. The number of aromatic nitrogens is 2. The molecule has 0 unspecified atom stereocenters. The van der Waals surface area contributed by atoms with Crippen LogP contribution in [0.1, 0.15) is 33.5 Å². The number of nitrogens with one attached hydrogen (secondary N) is 1. The van der Waals surface area contributed by atoms with E-state index in [0.717, 1.165) is 16.3 Å². The lowest BCUT2D eigenvalue weighted by molar-refractivity contribution is 0.0518. The number of carbonyl (C=O) groups is 2. The van der Waals surface area contributed by atoms with E-state index in [9.17, 15) is 14.4 Å². The molecule has 0 aliphatic rings. The number of benzene rings is 1. The third-order valence-electron chi connectivity index (χ3n) is 3.67. The first-order valence-corrected chi connectivity index (χ1v) is 8.23. The maximum Gasteiger partial charge on any atom is 0.360 e. The van der Waals surface area contributed by atoms with Crippen LogP contribution in [0.5, 0.6) is 0 Å². The van der Waals surface area contributed by atoms with Crippen LogP contribution in [-0.4, -0.2) is 28.3 Å². The summed E-state index contributed by atoms with van der Waals surface area (Å²) in [6.45, 7) is 3.68. The Kier molecular flexibility index (Phi) is 5.16. The molecule has 0 spiro atoms. The van der Waals surface area contributed by atoms with E-state index in [2.05, 4.69) is 10.4 Å². The number of hydrogen-bond donors (Lipinski definition) is 1. The molecule has 3 aromatic rings. The maximum absolute atomic E-state index is 12.5. The summed E-state index contributed by atoms with van der Waals surface area (Å²) < 4.78 is 11.1. The summed E-state index contributed by atoms with van der Waals surface area (Å²) in [6.07, 6.45) is 1.34. The standard InChI is InChI=1S/C19H17N3O5/c1-3-26-19(25)17-14(20-18(24)15-5-4-10-27-15)11-16(23)22(21-17)13-8-6-12(2)7-9-13/h4-11H,3H2,1-2H3,(H,20,24). The van der Waals surface area contributed by atoms with Crippen molar-refractivity contribution in [3.05, 3.63) is 76.1 Å². The van der Waals surface area contributed by atoms with Gasteiger partial charge in [-0.2, -0.15) is 9.78 Å². The summed E-state index contributed by atoms with van der Waals surface area (Å²) in [4.78, 5) is 37.0. The fourth-order valence-electron chi connectivity index (χ4n) is 2.36. The molecule has 27 heavy (non-hydrogen) atoms. The summed E-state index contributed by atoms with van der Waals surface area (Å²) in [6, 6.07) is 11.2. The summed E-state index contributed by atoms with van der Waals surface area (Å²) in [7, 11) is 0. The van der Waals surface area contributed by atoms with Crippen LogP contribution in [-0.2, 0) is 4.74 Å². The molecule has 2 aromatic heterocycles. The highest BCUT2D eigenvalue weighted by atomic mass is 16.5. The Morgan fingerprint density at radius 1 is 1.22 bits per heavy atom. The lowest BCUT2D eigenvalue weighted by Crippen LogP contribution is -2.27. The Balaban J connectivity index is 2.05. The van der Waals surface area contributed by atoms with Gasteiger partial charge in [0.15, 0.2) is 11.5 Å². The van der Waals surface area contributed by atoms with Crippen LogP contribution in [0.4, 0.5) is 5.69 Å². The third-order valence-corrected chi connectivity index (χ3v) is 3.67. The van der Waals surface area contributed by atoms with Crippen LogP contribution in [0.15, 0.2) is 57.9 Å². The molecule has 1 aromatic carbocycles. The second kappa shape index (κ2) is 7.69. The Hall–Kier alpha value is -3.68. The highest BCUT2D eigenvalue weighted by Gasteiger charge is 2.21. The number of furan rings is 1. The molecule has 8 heteroatoms. The van der Waals surface area contributed by atoms with E-state index in [0.29, 0.717) is 5.69 Å². The summed E-state index contributed by atoms with van der Waals surface area (Å²) in [5, 5.41) is 6.58. The van der Waals surface area contributed by atoms with E-state index in [1.54, 1.807) is 25.1 Å². The van der Waals surface area contributed by atoms with Gasteiger partial charge in [-0.25, -0.2) is 4.79 Å². The van der Waals surface area contributed by atoms with Crippen molar-refractivity contribution in [1.29, 1.82) is 0 Å². The van der Waals surface area contributed by atoms with Crippen molar-refractivity contribution in [2.75, 3.05) is 11.9 Å². The normalized spacial score (nSPS) is 10.4. The zero-order valence-corrected chi connectivity index (χ0v) is 14.8. The van der Waals surface area contributed by atoms with Gasteiger partial charge in [-0.15, -0.1) is 0 Å². The fourth-order valence-corrected chi connectivity index (χ4v) is 2.36. The van der Waals surface area contributed by atoms with Gasteiger partial charge in [0.2, 0.25) is 0 Å². The van der Waals surface area contributed by atoms with Crippen LogP contribution in [0.3, 0.4) is 0 Å². The van der Waals surface area contributed by atoms with Gasteiger partial charge in [-0.05, 0) is 38.1 Å². The van der Waals surface area contributed by atoms with Gasteiger partial charge in [0.1, 0.15) is 0 Å². The molecule has 0 saturated carbocycles. The smallest absolute Gasteiger partial charge is 0.360 e. The van der Waals surface area contributed by atoms with E-state index in [1.165, 1.54) is 12.3 Å². The topological polar surface area (TPSA) is 103 Å². The van der Waals surface area contributed by atoms with E-state index in [-0.39, 0.29) is 23.7 Å². The lowest BCUT2D eigenvalue weighted by Gasteiger charge is -2.12. The number of ether oxygens (including phenoxy) is 1. The number of esters is 1. The number of hydrogen-bond acceptors (Lipinski definition) is 6. The number of nitrogens with zero attached hydrogens (tertiary/aromatic N) is 2. The first-order valence-electron chi connectivity index (χ1n) is 8.23. The zero-order chi connectivity index (χ0) is 19.4. The average Bonchev–Trinajstić information content (AvgIpc) is 3.18. The van der Waals surface area contributed by atoms with E-state index < -0.39 is 17.4 Å². The molecule has 0 bridgehead atoms. The largest absolute Gasteiger partial charge is 0.461 e. The number of rotatable bonds is 5. The van der Waals surface area contributed by atoms with Crippen molar-refractivity contribution in [3.63, 3.8) is 0 Å². The quantitative estimate of drug-likeness (QED) is 0.695. The van der Waals surface area contributed by atoms with E-state index >= 15 is 0 Å². The van der Waals surface area contributed by atoms with Crippen molar-refractivity contribution >= 4 is 17.6 Å². The maximum atomic E-state index is 12.5. The van der Waals surface area contributed by atoms with E-state index in [1.807, 2.05) is 19.1 Å². The number of anilines is 1. The Bertz CT molecular complexity index is 1020. The second-order valence-electron chi connectivity index (χ2n) is 5.64. The molecule has 0 aliphatic heterocycles. The Morgan fingerprint density at radius 2 is 1.96 bits per heavy atom. The van der Waals surface area contributed by atoms with Gasteiger partial charge < -0.3 is 14.5 Å². The van der Waals surface area contributed by atoms with Crippen molar-refractivity contribution in [1.82, 2.24) is 9.78 Å². The predicted octanol–water partition coefficient (Wildman–Crippen LogP) is 2.56. The van der Waals surface area contributed by atoms with Crippen molar-refractivity contribution in [2.45, 2.75) is 13.8 Å². The van der Waals surface area contributed by atoms with Crippen LogP contribution < -0.4 is 10.9 Å². The molecule has 8 nitrogen and oxygen atoms in total. The summed E-state index contributed by atoms with van der Waals surface area (Å²) in [5.74, 6) is -1.33. The molecule has 3 rings (SSSR count). The van der Waals surface area contributed by atoms with Gasteiger partial charge in [-0.3, -0.25) is 9.59 Å². The Morgan fingerprint density at radius 3 is 2.59 bits per heavy atom. The number of amides is 1. The fraction of sp³-hybridized carbons (Fsp3) is 0.158. The third kappa shape index (κ3) is 3.95. The number of carbonyl (C=O) groups excluding carboxylic acids is 2. The van der Waals surface area contributed by atoms with Gasteiger partial charge in [0.05, 0.1) is 24.2 Å². The molecular formula is C19H17N3O5. The molecule has 0 atom stereocenters. The van der Waals surface area contributed by atoms with Crippen LogP contribution in [0, 0.1) is 6.92 Å². The van der Waals surface area contributed by atoms with Crippen LogP contribution in [0.2, 0.25) is 0 Å². The molecule has 0 aliphatic carbocycles. The van der Waals surface area contributed by atoms with Crippen molar-refractivity contribution in [3.8, 4) is 5.69 Å². The zero-order valence-electron chi connectivity index (χ0n) is 14.8. The molecule has 2 heterocycles. The van der Waals surface area contributed by atoms with Crippen molar-refractivity contribution in [2.24, 2.45) is 0 Å². The van der Waals surface area contributed by atoms with Crippen LogP contribution >= 0.6 is 0 Å². The minimum absolute atomic E-state index is 0.0347. The van der Waals surface area contributed by atoms with E-state index in [4.69, 9.17) is 9.15 Å². The first kappa shape index (κ1) is 18.1. The second-order valence-corrected chi connectivity index (χ2v) is 5.64. The Labute approximate surface area is 154 Å². The van der Waals surface area contributed by atoms with Gasteiger partial charge in [0, 0.05) is 6.07 Å². The van der Waals surface area contributed by atoms with Crippen molar-refractivity contribution < 1.29 is 18.7 Å². The molecule has 0 saturated heterocycles. The first-order chi connectivity index (χ1) is 13.0. The van der Waals surface area contributed by atoms with Crippen LogP contribution in [0.25, 0.3) is 5.69 Å². The number of aryl methyl sites for hydroxylation is 1. The van der Waals surface area contributed by atoms with Gasteiger partial charge in [-0.1, -0.05) is 17.7 Å². The molecule has 138 valence electrons. The van der Waals surface area contributed by atoms with Gasteiger partial charge in [0.25, 0.3) is 11.5 Å². The minimum Gasteiger partial charge on any atom is -0.461 e. The summed E-state index contributed by atoms with van der Waals surface area (Å²) >= 11 is 0. The lowest BCUT2D eigenvalue weighted by atomic mass is 10.2. The molecule has 1 N–H and O–H groups in total. The SMILES string of the molecule is CCOC(=O)c1nn(-c2ccc(C)cc2)c(=O)cc1NC(=O)c1ccco1. The van der Waals surface area contributed by atoms with Gasteiger partial charge >= 0.3 is 5.97 Å². The minimum atomic E-state index is -0.756. The molecule has 1 amide bonds. The highest BCUT2D eigenvalue weighted by molar-refractivity contribution is 6.05. The monoisotopic (exact) mass is 367 g/mol.